The van der Waals surface area contributed by atoms with Crippen LogP contribution in [0.25, 0.3) is 0 Å². The van der Waals surface area contributed by atoms with Crippen LogP contribution in [-0.2, 0) is 0 Å². The zero-order chi connectivity index (χ0) is 9.28. The lowest BCUT2D eigenvalue weighted by Crippen LogP contribution is -2.50. The molecule has 0 aliphatic carbocycles. The van der Waals surface area contributed by atoms with Gasteiger partial charge in [-0.05, 0) is 26.3 Å². The normalized spacial score (nSPS) is 19.7. The molecule has 0 aromatic carbocycles. The van der Waals surface area contributed by atoms with Gasteiger partial charge in [0, 0.05) is 0 Å². The monoisotopic (exact) mass is 172 g/mol. The number of allylic oxidation sites excluding steroid dienone is 1. The van der Waals surface area contributed by atoms with Crippen LogP contribution < -0.4 is 0 Å². The van der Waals surface area contributed by atoms with Crippen molar-refractivity contribution in [1.29, 1.82) is 0 Å². The van der Waals surface area contributed by atoms with Crippen LogP contribution in [0.15, 0.2) is 11.6 Å². The largest absolute Gasteiger partial charge is 0.389 e. The van der Waals surface area contributed by atoms with E-state index in [2.05, 4.69) is 19.6 Å². The van der Waals surface area contributed by atoms with E-state index in [1.807, 2.05) is 26.8 Å². The molecule has 0 heterocycles. The van der Waals surface area contributed by atoms with Gasteiger partial charge in [-0.2, -0.15) is 0 Å². The summed E-state index contributed by atoms with van der Waals surface area (Å²) >= 11 is 0. The summed E-state index contributed by atoms with van der Waals surface area (Å²) in [6, 6.07) is 0. The van der Waals surface area contributed by atoms with Crippen molar-refractivity contribution in [2.45, 2.75) is 45.6 Å². The van der Waals surface area contributed by atoms with Crippen molar-refractivity contribution < 1.29 is 5.11 Å². The van der Waals surface area contributed by atoms with E-state index >= 15 is 0 Å². The quantitative estimate of drug-likeness (QED) is 0.501. The zero-order valence-corrected chi connectivity index (χ0v) is 9.52. The van der Waals surface area contributed by atoms with Crippen LogP contribution in [-0.4, -0.2) is 18.4 Å². The first-order valence-corrected chi connectivity index (χ1v) is 7.59. The third-order valence-electron chi connectivity index (χ3n) is 2.66. The van der Waals surface area contributed by atoms with Crippen LogP contribution >= 0.6 is 0 Å². The van der Waals surface area contributed by atoms with Crippen molar-refractivity contribution in [2.75, 3.05) is 0 Å². The van der Waals surface area contributed by atoms with E-state index in [0.717, 1.165) is 5.57 Å². The molecule has 1 unspecified atom stereocenters. The Morgan fingerprint density at radius 3 is 1.82 bits per heavy atom. The smallest absolute Gasteiger partial charge is 0.0869 e. The molecule has 0 aromatic rings. The van der Waals surface area contributed by atoms with E-state index in [1.54, 1.807) is 0 Å². The van der Waals surface area contributed by atoms with Crippen molar-refractivity contribution in [1.82, 2.24) is 0 Å². The fourth-order valence-corrected chi connectivity index (χ4v) is 2.20. The molecule has 1 N–H and O–H groups in total. The van der Waals surface area contributed by atoms with E-state index < -0.39 is 13.3 Å². The Bertz CT molecular complexity index is 163. The van der Waals surface area contributed by atoms with Gasteiger partial charge < -0.3 is 5.11 Å². The molecule has 0 fully saturated rings. The summed E-state index contributed by atoms with van der Waals surface area (Å²) < 4.78 is 0. The first kappa shape index (κ1) is 10.9. The molecule has 0 spiro atoms. The summed E-state index contributed by atoms with van der Waals surface area (Å²) in [5, 5.41) is 9.56. The molecule has 0 bridgehead atoms. The molecule has 0 aliphatic rings. The Labute approximate surface area is 71.1 Å². The van der Waals surface area contributed by atoms with Crippen molar-refractivity contribution in [3.05, 3.63) is 11.6 Å². The van der Waals surface area contributed by atoms with E-state index in [1.165, 1.54) is 0 Å². The minimum atomic E-state index is -1.48. The zero-order valence-electron chi connectivity index (χ0n) is 8.52. The molecule has 11 heavy (non-hydrogen) atoms. The summed E-state index contributed by atoms with van der Waals surface area (Å²) in [6.07, 6.45) is 2.00. The fraction of sp³-hybridized carbons (Fsp3) is 0.778. The second-order valence-corrected chi connectivity index (χ2v) is 9.77. The van der Waals surface area contributed by atoms with Crippen LogP contribution in [0, 0.1) is 0 Å². The van der Waals surface area contributed by atoms with Gasteiger partial charge in [0.1, 0.15) is 0 Å². The maximum atomic E-state index is 10.1. The molecule has 0 saturated carbocycles. The Kier molecular flexibility index (Phi) is 3.09. The van der Waals surface area contributed by atoms with Crippen LogP contribution in [0.1, 0.15) is 20.8 Å². The van der Waals surface area contributed by atoms with Crippen molar-refractivity contribution >= 4 is 8.07 Å². The van der Waals surface area contributed by atoms with Crippen LogP contribution in [0.2, 0.25) is 19.6 Å². The van der Waals surface area contributed by atoms with Crippen molar-refractivity contribution in [3.8, 4) is 0 Å². The summed E-state index contributed by atoms with van der Waals surface area (Å²) in [5.74, 6) is 0. The maximum absolute atomic E-state index is 10.1. The number of aliphatic hydroxyl groups is 1. The second kappa shape index (κ2) is 3.11. The Morgan fingerprint density at radius 1 is 1.36 bits per heavy atom. The summed E-state index contributed by atoms with van der Waals surface area (Å²) in [7, 11) is -1.48. The van der Waals surface area contributed by atoms with Crippen LogP contribution in [0.3, 0.4) is 0 Å². The Hall–Kier alpha value is -0.0831. The molecule has 0 aromatic heterocycles. The molecular formula is C9H20OSi. The fourth-order valence-electron chi connectivity index (χ4n) is 0.873. The number of hydrogen-bond acceptors (Lipinski definition) is 1. The Morgan fingerprint density at radius 2 is 1.73 bits per heavy atom. The van der Waals surface area contributed by atoms with E-state index in [4.69, 9.17) is 0 Å². The first-order chi connectivity index (χ1) is 4.73. The van der Waals surface area contributed by atoms with Gasteiger partial charge in [0.05, 0.1) is 13.3 Å². The van der Waals surface area contributed by atoms with E-state index in [0.29, 0.717) is 0 Å². The molecular weight excluding hydrogens is 152 g/mol. The van der Waals surface area contributed by atoms with Crippen LogP contribution in [0.4, 0.5) is 0 Å². The van der Waals surface area contributed by atoms with Crippen LogP contribution in [0.5, 0.6) is 0 Å². The average Bonchev–Trinajstić information content (AvgIpc) is 1.83. The highest BCUT2D eigenvalue weighted by atomic mass is 28.3. The van der Waals surface area contributed by atoms with Gasteiger partial charge in [0.25, 0.3) is 0 Å². The molecule has 66 valence electrons. The minimum Gasteiger partial charge on any atom is -0.389 e. The van der Waals surface area contributed by atoms with Gasteiger partial charge in [-0.3, -0.25) is 0 Å². The number of rotatable bonds is 2. The molecule has 2 heteroatoms. The molecule has 0 aliphatic heterocycles. The average molecular weight is 172 g/mol. The summed E-state index contributed by atoms with van der Waals surface area (Å²) in [6.45, 7) is 12.4. The lowest BCUT2D eigenvalue weighted by molar-refractivity contribution is 0.174. The second-order valence-electron chi connectivity index (χ2n) is 4.29. The summed E-state index contributed by atoms with van der Waals surface area (Å²) in [4.78, 5) is 0. The van der Waals surface area contributed by atoms with Crippen molar-refractivity contribution in [3.63, 3.8) is 0 Å². The molecule has 1 nitrogen and oxygen atoms in total. The highest BCUT2D eigenvalue weighted by Gasteiger charge is 2.37. The molecule has 0 saturated heterocycles. The van der Waals surface area contributed by atoms with Crippen molar-refractivity contribution in [2.24, 2.45) is 0 Å². The third kappa shape index (κ3) is 2.17. The molecule has 0 amide bonds. The van der Waals surface area contributed by atoms with E-state index in [-0.39, 0.29) is 0 Å². The highest BCUT2D eigenvalue weighted by Crippen LogP contribution is 2.27. The number of hydrogen-bond donors (Lipinski definition) is 1. The summed E-state index contributed by atoms with van der Waals surface area (Å²) in [5.41, 5.74) is 1.09. The first-order valence-electron chi connectivity index (χ1n) is 4.09. The lowest BCUT2D eigenvalue weighted by atomic mass is 10.2. The lowest BCUT2D eigenvalue weighted by Gasteiger charge is -2.36. The van der Waals surface area contributed by atoms with Gasteiger partial charge in [0.2, 0.25) is 0 Å². The SMILES string of the molecule is C/C=C(\C)C(C)(O)[Si](C)(C)C. The third-order valence-corrected chi connectivity index (χ3v) is 5.98. The minimum absolute atomic E-state index is 0.554. The van der Waals surface area contributed by atoms with Gasteiger partial charge >= 0.3 is 0 Å². The molecule has 0 radical (unpaired) electrons. The Balaban J connectivity index is 4.74. The maximum Gasteiger partial charge on any atom is 0.0869 e. The highest BCUT2D eigenvalue weighted by molar-refractivity contribution is 6.79. The van der Waals surface area contributed by atoms with Gasteiger partial charge in [0.15, 0.2) is 0 Å². The van der Waals surface area contributed by atoms with E-state index in [9.17, 15) is 5.11 Å². The molecule has 1 atom stereocenters. The standard InChI is InChI=1S/C9H20OSi/c1-7-8(2)9(3,10)11(4,5)6/h7,10H,1-6H3/b8-7+. The molecule has 0 rings (SSSR count). The predicted octanol–water partition coefficient (Wildman–Crippen LogP) is 2.58. The van der Waals surface area contributed by atoms with Gasteiger partial charge in [-0.15, -0.1) is 0 Å². The predicted molar refractivity (Wildman–Crippen MR) is 53.4 cm³/mol. The van der Waals surface area contributed by atoms with Gasteiger partial charge in [-0.1, -0.05) is 25.7 Å². The topological polar surface area (TPSA) is 20.2 Å². The van der Waals surface area contributed by atoms with Gasteiger partial charge in [-0.25, -0.2) is 0 Å².